The molecule has 1 heterocycles. The van der Waals surface area contributed by atoms with Gasteiger partial charge in [0, 0.05) is 0 Å². The molecule has 5 unspecified atom stereocenters. The van der Waals surface area contributed by atoms with Crippen molar-refractivity contribution in [1.29, 1.82) is 0 Å². The fourth-order valence-corrected chi connectivity index (χ4v) is 6.46. The molecule has 0 amide bonds. The van der Waals surface area contributed by atoms with Crippen LogP contribution in [-0.4, -0.2) is 17.2 Å². The Hall–Kier alpha value is 1.42. The van der Waals surface area contributed by atoms with E-state index in [0.29, 0.717) is 16.8 Å². The molecule has 0 spiro atoms. The minimum atomic E-state index is -0.181. The molecule has 23 heavy (non-hydrogen) atoms. The Bertz CT molecular complexity index is 343. The SMILES string of the molecule is CC1CSC(CC(C)(C)C2CCC3CCCCC32)[N-]1.[CH3-].[Cl][Cr][Cl]. The molecule has 5 atom stereocenters. The molecule has 3 fully saturated rings. The van der Waals surface area contributed by atoms with Crippen LogP contribution in [0.15, 0.2) is 0 Å². The second-order valence-corrected chi connectivity index (χ2v) is 11.2. The van der Waals surface area contributed by atoms with Crippen LogP contribution in [0.1, 0.15) is 65.7 Å². The van der Waals surface area contributed by atoms with Crippen molar-refractivity contribution in [3.63, 3.8) is 0 Å². The Kier molecular flexibility index (Phi) is 10.3. The van der Waals surface area contributed by atoms with E-state index in [4.69, 9.17) is 25.4 Å². The molecule has 138 valence electrons. The van der Waals surface area contributed by atoms with E-state index < -0.39 is 0 Å². The van der Waals surface area contributed by atoms with E-state index in [-0.39, 0.29) is 20.8 Å². The molecule has 3 rings (SSSR count). The fourth-order valence-electron chi connectivity index (χ4n) is 5.04. The first kappa shape index (κ1) is 22.5. The Morgan fingerprint density at radius 3 is 2.39 bits per heavy atom. The molecule has 2 aliphatic carbocycles. The zero-order chi connectivity index (χ0) is 16.2. The predicted octanol–water partition coefficient (Wildman–Crippen LogP) is 7.28. The zero-order valence-electron chi connectivity index (χ0n) is 15.1. The molecule has 0 aromatic carbocycles. The molecule has 0 bridgehead atoms. The van der Waals surface area contributed by atoms with E-state index in [2.05, 4.69) is 32.5 Å². The van der Waals surface area contributed by atoms with Crippen molar-refractivity contribution in [2.24, 2.45) is 23.2 Å². The maximum atomic E-state index is 4.91. The van der Waals surface area contributed by atoms with Crippen molar-refractivity contribution in [2.45, 2.75) is 77.1 Å². The number of rotatable bonds is 3. The van der Waals surface area contributed by atoms with Crippen LogP contribution >= 0.6 is 31.9 Å². The van der Waals surface area contributed by atoms with Crippen molar-refractivity contribution >= 4 is 31.9 Å². The van der Waals surface area contributed by atoms with Crippen molar-refractivity contribution in [2.75, 3.05) is 5.75 Å². The van der Waals surface area contributed by atoms with E-state index in [1.807, 2.05) is 0 Å². The summed E-state index contributed by atoms with van der Waals surface area (Å²) >= 11 is 1.92. The van der Waals surface area contributed by atoms with Gasteiger partial charge in [0.15, 0.2) is 0 Å². The van der Waals surface area contributed by atoms with Gasteiger partial charge in [0.25, 0.3) is 0 Å². The monoisotopic (exact) mass is 417 g/mol. The van der Waals surface area contributed by atoms with Gasteiger partial charge < -0.3 is 12.7 Å². The number of nitrogens with zero attached hydrogens (tertiary/aromatic N) is 1. The number of halogens is 2. The molecule has 3 aliphatic rings. The average Bonchev–Trinajstić information content (AvgIpc) is 3.05. The van der Waals surface area contributed by atoms with Gasteiger partial charge in [-0.3, -0.25) is 0 Å². The van der Waals surface area contributed by atoms with Crippen molar-refractivity contribution < 1.29 is 13.4 Å². The normalized spacial score (nSPS) is 36.7. The summed E-state index contributed by atoms with van der Waals surface area (Å²) in [6.45, 7) is 7.34. The van der Waals surface area contributed by atoms with E-state index in [9.17, 15) is 0 Å². The zero-order valence-corrected chi connectivity index (χ0v) is 18.7. The van der Waals surface area contributed by atoms with E-state index in [1.54, 1.807) is 0 Å². The Morgan fingerprint density at radius 2 is 1.78 bits per heavy atom. The molecular weight excluding hydrogens is 385 g/mol. The summed E-state index contributed by atoms with van der Waals surface area (Å²) in [4.78, 5) is 0. The van der Waals surface area contributed by atoms with Gasteiger partial charge in [-0.2, -0.15) is 11.8 Å². The molecule has 0 aromatic rings. The molecule has 0 N–H and O–H groups in total. The topological polar surface area (TPSA) is 14.1 Å². The molecule has 2 saturated carbocycles. The van der Waals surface area contributed by atoms with Crippen LogP contribution < -0.4 is 0 Å². The van der Waals surface area contributed by atoms with Gasteiger partial charge in [0.05, 0.1) is 0 Å². The van der Waals surface area contributed by atoms with Gasteiger partial charge >= 0.3 is 33.5 Å². The second-order valence-electron chi connectivity index (χ2n) is 7.93. The first-order valence-electron chi connectivity index (χ1n) is 8.69. The summed E-state index contributed by atoms with van der Waals surface area (Å²) in [5.74, 6) is 4.35. The van der Waals surface area contributed by atoms with Crippen molar-refractivity contribution in [3.05, 3.63) is 12.7 Å². The third-order valence-corrected chi connectivity index (χ3v) is 7.34. The second kappa shape index (κ2) is 10.5. The quantitative estimate of drug-likeness (QED) is 0.439. The van der Waals surface area contributed by atoms with Gasteiger partial charge in [-0.15, -0.1) is 6.04 Å². The number of hydrogen-bond acceptors (Lipinski definition) is 1. The van der Waals surface area contributed by atoms with Gasteiger partial charge in [0.2, 0.25) is 0 Å². The van der Waals surface area contributed by atoms with Crippen molar-refractivity contribution in [3.8, 4) is 0 Å². The molecule has 1 aliphatic heterocycles. The van der Waals surface area contributed by atoms with E-state index in [1.165, 1.54) is 50.7 Å². The Morgan fingerprint density at radius 1 is 1.13 bits per heavy atom. The standard InChI is InChI=1S/C17H30NS.CH3.2ClH.Cr/c1-12-11-19-16(18-12)10-17(2,3)15-9-8-13-6-4-5-7-14(13)15;;;;/h12-16H,4-11H2,1-3H3;1H3;2*1H;/q2*-1;;;+2/p-2. The summed E-state index contributed by atoms with van der Waals surface area (Å²) in [5.41, 5.74) is 0.502. The first-order valence-corrected chi connectivity index (χ1v) is 13.2. The van der Waals surface area contributed by atoms with Gasteiger partial charge in [-0.25, -0.2) is 0 Å². The van der Waals surface area contributed by atoms with Gasteiger partial charge in [0.1, 0.15) is 0 Å². The van der Waals surface area contributed by atoms with Crippen LogP contribution in [0.5, 0.6) is 0 Å². The van der Waals surface area contributed by atoms with E-state index >= 15 is 0 Å². The molecular formula is C18H33Cl2CrNS-2. The molecule has 1 saturated heterocycles. The molecule has 0 aromatic heterocycles. The summed E-state index contributed by atoms with van der Waals surface area (Å²) in [7, 11) is 9.65. The summed E-state index contributed by atoms with van der Waals surface area (Å²) in [6.07, 6.45) is 10.4. The van der Waals surface area contributed by atoms with Gasteiger partial charge in [-0.05, 0) is 48.2 Å². The minimum absolute atomic E-state index is 0. The predicted molar refractivity (Wildman–Crippen MR) is 104 cm³/mol. The van der Waals surface area contributed by atoms with Crippen LogP contribution in [0.4, 0.5) is 0 Å². The first-order chi connectivity index (χ1) is 10.5. The number of thioether (sulfide) groups is 1. The Balaban J connectivity index is 0.000000615. The van der Waals surface area contributed by atoms with Crippen LogP contribution in [-0.2, 0) is 13.4 Å². The van der Waals surface area contributed by atoms with Crippen LogP contribution in [0.25, 0.3) is 5.32 Å². The third-order valence-electron chi connectivity index (χ3n) is 5.99. The fraction of sp³-hybridized carbons (Fsp3) is 0.944. The van der Waals surface area contributed by atoms with Crippen LogP contribution in [0.2, 0.25) is 0 Å². The number of hydrogen-bond donors (Lipinski definition) is 0. The van der Waals surface area contributed by atoms with Crippen LogP contribution in [0.3, 0.4) is 0 Å². The molecule has 5 heteroatoms. The summed E-state index contributed by atoms with van der Waals surface area (Å²) in [6, 6.07) is 0.594. The van der Waals surface area contributed by atoms with Crippen LogP contribution in [0, 0.1) is 30.6 Å². The average molecular weight is 418 g/mol. The van der Waals surface area contributed by atoms with E-state index in [0.717, 1.165) is 17.8 Å². The summed E-state index contributed by atoms with van der Waals surface area (Å²) < 4.78 is 0. The van der Waals surface area contributed by atoms with Crippen molar-refractivity contribution in [1.82, 2.24) is 0 Å². The Labute approximate surface area is 163 Å². The maximum absolute atomic E-state index is 4.91. The molecule has 1 nitrogen and oxygen atoms in total. The third kappa shape index (κ3) is 6.26. The summed E-state index contributed by atoms with van der Waals surface area (Å²) in [5, 5.41) is 5.50. The number of fused-ring (bicyclic) bond motifs is 1. The molecule has 0 radical (unpaired) electrons. The van der Waals surface area contributed by atoms with Gasteiger partial charge in [-0.1, -0.05) is 51.8 Å².